The molecule has 1 aliphatic carbocycles. The van der Waals surface area contributed by atoms with Crippen LogP contribution in [0.25, 0.3) is 0 Å². The zero-order valence-corrected chi connectivity index (χ0v) is 12.3. The van der Waals surface area contributed by atoms with Crippen molar-refractivity contribution in [3.05, 3.63) is 24.3 Å². The minimum Gasteiger partial charge on any atom is -0.381 e. The summed E-state index contributed by atoms with van der Waals surface area (Å²) in [5, 5.41) is 3.07. The molecule has 0 spiro atoms. The third-order valence-corrected chi connectivity index (χ3v) is 5.46. The monoisotopic (exact) mass is 323 g/mol. The van der Waals surface area contributed by atoms with E-state index in [1.165, 1.54) is 18.2 Å². The summed E-state index contributed by atoms with van der Waals surface area (Å²) < 4.78 is 48.7. The van der Waals surface area contributed by atoms with Gasteiger partial charge in [0.1, 0.15) is 0 Å². The van der Waals surface area contributed by atoms with Crippen LogP contribution in [-0.2, 0) is 9.84 Å². The topological polar surface area (TPSA) is 46.2 Å². The third-order valence-electron chi connectivity index (χ3n) is 3.63. The van der Waals surface area contributed by atoms with Gasteiger partial charge in [0.2, 0.25) is 9.84 Å². The van der Waals surface area contributed by atoms with E-state index in [9.17, 15) is 17.2 Å². The Morgan fingerprint density at radius 1 is 1.30 bits per heavy atom. The third kappa shape index (κ3) is 3.06. The molecule has 0 aromatic heterocycles. The molecule has 1 aliphatic rings. The van der Waals surface area contributed by atoms with Crippen LogP contribution in [0.3, 0.4) is 0 Å². The maximum Gasteiger partial charge on any atom is 0.341 e. The first kappa shape index (κ1) is 15.5. The Bertz CT molecular complexity index is 565. The van der Waals surface area contributed by atoms with Crippen LogP contribution in [0.5, 0.6) is 0 Å². The van der Waals surface area contributed by atoms with Gasteiger partial charge in [-0.05, 0) is 30.9 Å². The number of anilines is 1. The molecule has 0 amide bonds. The molecule has 1 fully saturated rings. The van der Waals surface area contributed by atoms with Crippen LogP contribution < -0.4 is 5.32 Å². The van der Waals surface area contributed by atoms with Crippen LogP contribution in [-0.4, -0.2) is 26.1 Å². The van der Waals surface area contributed by atoms with Crippen molar-refractivity contribution >= 4 is 27.1 Å². The second-order valence-corrected chi connectivity index (χ2v) is 7.09. The van der Waals surface area contributed by atoms with E-state index in [0.717, 1.165) is 19.3 Å². The number of hydrogen-bond donors (Lipinski definition) is 1. The van der Waals surface area contributed by atoms with E-state index >= 15 is 0 Å². The van der Waals surface area contributed by atoms with E-state index < -0.39 is 15.6 Å². The molecular formula is C13H16ClF2NO2S. The highest BCUT2D eigenvalue weighted by Crippen LogP contribution is 2.32. The Morgan fingerprint density at radius 3 is 2.65 bits per heavy atom. The van der Waals surface area contributed by atoms with Crippen LogP contribution in [0, 0.1) is 5.92 Å². The van der Waals surface area contributed by atoms with Crippen molar-refractivity contribution in [3.63, 3.8) is 0 Å². The maximum atomic E-state index is 12.7. The van der Waals surface area contributed by atoms with Crippen LogP contribution in [0.1, 0.15) is 19.3 Å². The van der Waals surface area contributed by atoms with E-state index in [1.807, 2.05) is 0 Å². The molecule has 0 heterocycles. The van der Waals surface area contributed by atoms with Gasteiger partial charge in [-0.1, -0.05) is 18.6 Å². The van der Waals surface area contributed by atoms with Crippen molar-refractivity contribution in [2.45, 2.75) is 36.0 Å². The van der Waals surface area contributed by atoms with Crippen LogP contribution in [0.2, 0.25) is 0 Å². The summed E-state index contributed by atoms with van der Waals surface area (Å²) in [6.45, 7) is 0. The zero-order chi connectivity index (χ0) is 14.8. The molecule has 0 bridgehead atoms. The minimum atomic E-state index is -4.60. The van der Waals surface area contributed by atoms with Gasteiger partial charge in [-0.25, -0.2) is 8.42 Å². The number of halogens is 3. The van der Waals surface area contributed by atoms with E-state index in [2.05, 4.69) is 5.32 Å². The standard InChI is InChI=1S/C13H16ClF2NO2S/c14-8-9-4-3-6-10(9)17-11-5-1-2-7-12(11)20(18,19)13(15)16/h1-2,5,7,9-10,13,17H,3-4,6,8H2. The van der Waals surface area contributed by atoms with E-state index in [-0.39, 0.29) is 22.5 Å². The molecule has 2 rings (SSSR count). The summed E-state index contributed by atoms with van der Waals surface area (Å²) >= 11 is 5.87. The second kappa shape index (κ2) is 6.26. The van der Waals surface area contributed by atoms with Gasteiger partial charge < -0.3 is 5.32 Å². The lowest BCUT2D eigenvalue weighted by Crippen LogP contribution is -2.26. The second-order valence-electron chi connectivity index (χ2n) is 4.90. The number of benzene rings is 1. The number of hydrogen-bond acceptors (Lipinski definition) is 3. The molecule has 1 aromatic rings. The summed E-state index contributed by atoms with van der Waals surface area (Å²) in [4.78, 5) is -0.352. The number of nitrogens with one attached hydrogen (secondary N) is 1. The molecule has 1 N–H and O–H groups in total. The quantitative estimate of drug-likeness (QED) is 0.844. The van der Waals surface area contributed by atoms with E-state index in [0.29, 0.717) is 5.88 Å². The van der Waals surface area contributed by atoms with Crippen LogP contribution in [0.4, 0.5) is 14.5 Å². The Balaban J connectivity index is 2.29. The summed E-state index contributed by atoms with van der Waals surface area (Å²) in [6.07, 6.45) is 2.82. The average Bonchev–Trinajstić information content (AvgIpc) is 2.86. The molecule has 0 aliphatic heterocycles. The van der Waals surface area contributed by atoms with Crippen molar-refractivity contribution in [3.8, 4) is 0 Å². The van der Waals surface area contributed by atoms with Gasteiger partial charge in [-0.2, -0.15) is 8.78 Å². The molecule has 3 nitrogen and oxygen atoms in total. The number of sulfone groups is 1. The molecular weight excluding hydrogens is 308 g/mol. The van der Waals surface area contributed by atoms with Gasteiger partial charge in [0, 0.05) is 11.9 Å². The zero-order valence-electron chi connectivity index (χ0n) is 10.7. The first-order valence-electron chi connectivity index (χ1n) is 6.40. The lowest BCUT2D eigenvalue weighted by molar-refractivity contribution is 0.235. The molecule has 0 radical (unpaired) electrons. The highest BCUT2D eigenvalue weighted by atomic mass is 35.5. The number of rotatable bonds is 5. The summed E-state index contributed by atoms with van der Waals surface area (Å²) in [5.74, 6) is -2.71. The number of alkyl halides is 3. The Kier molecular flexibility index (Phi) is 4.86. The molecule has 7 heteroatoms. The van der Waals surface area contributed by atoms with Gasteiger partial charge >= 0.3 is 5.76 Å². The highest BCUT2D eigenvalue weighted by Gasteiger charge is 2.31. The largest absolute Gasteiger partial charge is 0.381 e. The summed E-state index contributed by atoms with van der Waals surface area (Å²) in [5.41, 5.74) is 0.231. The first-order chi connectivity index (χ1) is 9.46. The molecule has 0 saturated heterocycles. The fraction of sp³-hybridized carbons (Fsp3) is 0.538. The van der Waals surface area contributed by atoms with Crippen molar-refractivity contribution < 1.29 is 17.2 Å². The van der Waals surface area contributed by atoms with Crippen molar-refractivity contribution in [2.24, 2.45) is 5.92 Å². The van der Waals surface area contributed by atoms with Gasteiger partial charge in [-0.3, -0.25) is 0 Å². The van der Waals surface area contributed by atoms with Crippen molar-refractivity contribution in [1.82, 2.24) is 0 Å². The lowest BCUT2D eigenvalue weighted by atomic mass is 10.1. The molecule has 112 valence electrons. The van der Waals surface area contributed by atoms with Gasteiger partial charge in [0.05, 0.1) is 10.6 Å². The Labute approximate surface area is 122 Å². The fourth-order valence-electron chi connectivity index (χ4n) is 2.54. The first-order valence-corrected chi connectivity index (χ1v) is 8.48. The summed E-state index contributed by atoms with van der Waals surface area (Å²) in [7, 11) is -4.60. The van der Waals surface area contributed by atoms with Crippen molar-refractivity contribution in [1.29, 1.82) is 0 Å². The lowest BCUT2D eigenvalue weighted by Gasteiger charge is -2.22. The van der Waals surface area contributed by atoms with E-state index in [4.69, 9.17) is 11.6 Å². The molecule has 2 atom stereocenters. The molecule has 1 aromatic carbocycles. The van der Waals surface area contributed by atoms with E-state index in [1.54, 1.807) is 6.07 Å². The Morgan fingerprint density at radius 2 is 2.00 bits per heavy atom. The predicted octanol–water partition coefficient (Wildman–Crippen LogP) is 3.50. The van der Waals surface area contributed by atoms with Gasteiger partial charge in [0.15, 0.2) is 0 Å². The predicted molar refractivity (Wildman–Crippen MR) is 75.1 cm³/mol. The maximum absolute atomic E-state index is 12.7. The average molecular weight is 324 g/mol. The Hall–Kier alpha value is -0.880. The highest BCUT2D eigenvalue weighted by molar-refractivity contribution is 7.91. The van der Waals surface area contributed by atoms with Crippen molar-refractivity contribution in [2.75, 3.05) is 11.2 Å². The van der Waals surface area contributed by atoms with Crippen LogP contribution in [0.15, 0.2) is 29.2 Å². The SMILES string of the molecule is O=S(=O)(c1ccccc1NC1CCCC1CCl)C(F)F. The van der Waals surface area contributed by atoms with Crippen LogP contribution >= 0.6 is 11.6 Å². The molecule has 2 unspecified atom stereocenters. The van der Waals surface area contributed by atoms with Gasteiger partial charge in [-0.15, -0.1) is 11.6 Å². The smallest absolute Gasteiger partial charge is 0.341 e. The fourth-order valence-corrected chi connectivity index (χ4v) is 3.80. The number of para-hydroxylation sites is 1. The van der Waals surface area contributed by atoms with Gasteiger partial charge in [0.25, 0.3) is 0 Å². The minimum absolute atomic E-state index is 0.0292. The normalized spacial score (nSPS) is 23.2. The molecule has 1 saturated carbocycles. The summed E-state index contributed by atoms with van der Waals surface area (Å²) in [6, 6.07) is 5.81. The molecule has 20 heavy (non-hydrogen) atoms.